The molecule has 0 amide bonds. The molecule has 2 rings (SSSR count). The Morgan fingerprint density at radius 1 is 1.50 bits per heavy atom. The van der Waals surface area contributed by atoms with Crippen molar-refractivity contribution in [3.8, 4) is 0 Å². The number of hydrogen-bond acceptors (Lipinski definition) is 4. The first-order valence-electron chi connectivity index (χ1n) is 7.07. The zero-order valence-corrected chi connectivity index (χ0v) is 12.6. The lowest BCUT2D eigenvalue weighted by Crippen LogP contribution is -2.38. The molecule has 1 saturated heterocycles. The molecule has 102 valence electrons. The summed E-state index contributed by atoms with van der Waals surface area (Å²) >= 11 is 1.85. The van der Waals surface area contributed by atoms with E-state index < -0.39 is 0 Å². The minimum absolute atomic E-state index is 0.562. The van der Waals surface area contributed by atoms with Gasteiger partial charge in [0.05, 0.1) is 11.7 Å². The number of rotatable bonds is 5. The van der Waals surface area contributed by atoms with E-state index in [1.54, 1.807) is 0 Å². The van der Waals surface area contributed by atoms with Crippen molar-refractivity contribution >= 4 is 11.3 Å². The molecule has 1 N–H and O–H groups in total. The lowest BCUT2D eigenvalue weighted by molar-refractivity contribution is 0.112. The van der Waals surface area contributed by atoms with Crippen molar-refractivity contribution < 1.29 is 0 Å². The van der Waals surface area contributed by atoms with Crippen LogP contribution in [0.4, 0.5) is 0 Å². The molecule has 4 heteroatoms. The van der Waals surface area contributed by atoms with E-state index in [2.05, 4.69) is 29.4 Å². The molecule has 0 spiro atoms. The van der Waals surface area contributed by atoms with Gasteiger partial charge in [0.15, 0.2) is 0 Å². The van der Waals surface area contributed by atoms with E-state index in [0.29, 0.717) is 12.1 Å². The SMILES string of the molecule is CNCCc1csc(C2CCCCN2C(C)C)n1. The highest BCUT2D eigenvalue weighted by molar-refractivity contribution is 7.09. The molecule has 1 atom stereocenters. The Bertz CT molecular complexity index is 362. The van der Waals surface area contributed by atoms with E-state index in [-0.39, 0.29) is 0 Å². The molecule has 1 aliphatic heterocycles. The largest absolute Gasteiger partial charge is 0.319 e. The maximum absolute atomic E-state index is 4.84. The summed E-state index contributed by atoms with van der Waals surface area (Å²) in [5, 5.41) is 6.75. The van der Waals surface area contributed by atoms with Crippen molar-refractivity contribution in [2.75, 3.05) is 20.1 Å². The predicted molar refractivity (Wildman–Crippen MR) is 78.2 cm³/mol. The van der Waals surface area contributed by atoms with Gasteiger partial charge in [-0.25, -0.2) is 4.98 Å². The smallest absolute Gasteiger partial charge is 0.110 e. The third-order valence-electron chi connectivity index (χ3n) is 3.69. The maximum Gasteiger partial charge on any atom is 0.110 e. The van der Waals surface area contributed by atoms with Crippen molar-refractivity contribution in [1.29, 1.82) is 0 Å². The Balaban J connectivity index is 2.06. The van der Waals surface area contributed by atoms with Gasteiger partial charge in [-0.3, -0.25) is 4.90 Å². The fourth-order valence-corrected chi connectivity index (χ4v) is 3.69. The molecule has 0 radical (unpaired) electrons. The normalized spacial score (nSPS) is 21.7. The Morgan fingerprint density at radius 2 is 2.33 bits per heavy atom. The topological polar surface area (TPSA) is 28.2 Å². The first kappa shape index (κ1) is 14.0. The van der Waals surface area contributed by atoms with Crippen molar-refractivity contribution in [2.24, 2.45) is 0 Å². The second-order valence-electron chi connectivity index (χ2n) is 5.37. The van der Waals surface area contributed by atoms with Gasteiger partial charge in [-0.1, -0.05) is 6.42 Å². The summed E-state index contributed by atoms with van der Waals surface area (Å²) in [6.07, 6.45) is 5.00. The van der Waals surface area contributed by atoms with Crippen LogP contribution in [0.2, 0.25) is 0 Å². The highest BCUT2D eigenvalue weighted by atomic mass is 32.1. The van der Waals surface area contributed by atoms with E-state index in [1.807, 2.05) is 18.4 Å². The molecule has 0 aliphatic carbocycles. The number of aromatic nitrogens is 1. The molecular weight excluding hydrogens is 242 g/mol. The minimum atomic E-state index is 0.562. The summed E-state index contributed by atoms with van der Waals surface area (Å²) in [7, 11) is 1.99. The number of likely N-dealkylation sites (tertiary alicyclic amines) is 1. The lowest BCUT2D eigenvalue weighted by atomic mass is 10.0. The van der Waals surface area contributed by atoms with Crippen molar-refractivity contribution in [1.82, 2.24) is 15.2 Å². The van der Waals surface area contributed by atoms with Crippen LogP contribution in [-0.4, -0.2) is 36.1 Å². The standard InChI is InChI=1S/C14H25N3S/c1-11(2)17-9-5-4-6-13(17)14-16-12(10-18-14)7-8-15-3/h10-11,13,15H,4-9H2,1-3H3. The number of nitrogens with one attached hydrogen (secondary N) is 1. The summed E-state index contributed by atoms with van der Waals surface area (Å²) in [5.74, 6) is 0. The molecule has 0 saturated carbocycles. The van der Waals surface area contributed by atoms with Gasteiger partial charge in [0.2, 0.25) is 0 Å². The fourth-order valence-electron chi connectivity index (χ4n) is 2.68. The molecule has 0 bridgehead atoms. The molecule has 1 unspecified atom stereocenters. The number of likely N-dealkylation sites (N-methyl/N-ethyl adjacent to an activating group) is 1. The van der Waals surface area contributed by atoms with E-state index in [4.69, 9.17) is 4.98 Å². The van der Waals surface area contributed by atoms with Crippen LogP contribution in [-0.2, 0) is 6.42 Å². The van der Waals surface area contributed by atoms with Crippen LogP contribution in [0.15, 0.2) is 5.38 Å². The van der Waals surface area contributed by atoms with Gasteiger partial charge in [0.25, 0.3) is 0 Å². The van der Waals surface area contributed by atoms with Crippen molar-refractivity contribution in [3.05, 3.63) is 16.1 Å². The Kier molecular flexibility index (Phi) is 5.15. The van der Waals surface area contributed by atoms with Gasteiger partial charge in [-0.2, -0.15) is 0 Å². The van der Waals surface area contributed by atoms with E-state index in [0.717, 1.165) is 13.0 Å². The van der Waals surface area contributed by atoms with E-state index in [9.17, 15) is 0 Å². The van der Waals surface area contributed by atoms with Gasteiger partial charge in [-0.05, 0) is 40.3 Å². The molecule has 1 fully saturated rings. The van der Waals surface area contributed by atoms with Gasteiger partial charge in [0.1, 0.15) is 5.01 Å². The average molecular weight is 267 g/mol. The van der Waals surface area contributed by atoms with Gasteiger partial charge in [-0.15, -0.1) is 11.3 Å². The predicted octanol–water partition coefficient (Wildman–Crippen LogP) is 2.84. The molecule has 1 aromatic rings. The van der Waals surface area contributed by atoms with Crippen LogP contribution in [0.3, 0.4) is 0 Å². The first-order valence-corrected chi connectivity index (χ1v) is 7.95. The summed E-state index contributed by atoms with van der Waals surface area (Å²) in [6.45, 7) is 6.84. The molecule has 1 aliphatic rings. The average Bonchev–Trinajstić information content (AvgIpc) is 2.85. The van der Waals surface area contributed by atoms with Crippen LogP contribution in [0.1, 0.15) is 49.9 Å². The molecule has 0 aromatic carbocycles. The maximum atomic E-state index is 4.84. The van der Waals surface area contributed by atoms with Crippen LogP contribution < -0.4 is 5.32 Å². The Hall–Kier alpha value is -0.450. The third-order valence-corrected chi connectivity index (χ3v) is 4.69. The zero-order chi connectivity index (χ0) is 13.0. The molecular formula is C14H25N3S. The highest BCUT2D eigenvalue weighted by Crippen LogP contribution is 2.34. The number of piperidine rings is 1. The fraction of sp³-hybridized carbons (Fsp3) is 0.786. The van der Waals surface area contributed by atoms with Crippen LogP contribution in [0.25, 0.3) is 0 Å². The van der Waals surface area contributed by atoms with E-state index >= 15 is 0 Å². The number of thiazole rings is 1. The molecule has 1 aromatic heterocycles. The summed E-state index contributed by atoms with van der Waals surface area (Å²) in [4.78, 5) is 7.46. The molecule has 2 heterocycles. The van der Waals surface area contributed by atoms with Crippen LogP contribution in [0.5, 0.6) is 0 Å². The Morgan fingerprint density at radius 3 is 3.06 bits per heavy atom. The van der Waals surface area contributed by atoms with Gasteiger partial charge in [0, 0.05) is 24.4 Å². The molecule has 18 heavy (non-hydrogen) atoms. The van der Waals surface area contributed by atoms with Crippen molar-refractivity contribution in [3.63, 3.8) is 0 Å². The third kappa shape index (κ3) is 3.31. The first-order chi connectivity index (χ1) is 8.72. The zero-order valence-electron chi connectivity index (χ0n) is 11.8. The lowest BCUT2D eigenvalue weighted by Gasteiger charge is -2.37. The summed E-state index contributed by atoms with van der Waals surface area (Å²) in [5.41, 5.74) is 1.25. The highest BCUT2D eigenvalue weighted by Gasteiger charge is 2.27. The second-order valence-corrected chi connectivity index (χ2v) is 6.26. The van der Waals surface area contributed by atoms with Crippen LogP contribution >= 0.6 is 11.3 Å². The van der Waals surface area contributed by atoms with Crippen LogP contribution in [0, 0.1) is 0 Å². The molecule has 3 nitrogen and oxygen atoms in total. The van der Waals surface area contributed by atoms with E-state index in [1.165, 1.54) is 36.5 Å². The van der Waals surface area contributed by atoms with Crippen molar-refractivity contribution in [2.45, 2.75) is 51.6 Å². The van der Waals surface area contributed by atoms with Gasteiger partial charge >= 0.3 is 0 Å². The monoisotopic (exact) mass is 267 g/mol. The minimum Gasteiger partial charge on any atom is -0.319 e. The summed E-state index contributed by atoms with van der Waals surface area (Å²) in [6, 6.07) is 1.19. The summed E-state index contributed by atoms with van der Waals surface area (Å²) < 4.78 is 0. The quantitative estimate of drug-likeness (QED) is 0.889. The number of nitrogens with zero attached hydrogens (tertiary/aromatic N) is 2. The number of hydrogen-bond donors (Lipinski definition) is 1. The Labute approximate surface area is 115 Å². The van der Waals surface area contributed by atoms with Gasteiger partial charge < -0.3 is 5.32 Å². The second kappa shape index (κ2) is 6.64.